The molecule has 152 valence electrons. The molecule has 2 N–H and O–H groups in total. The van der Waals surface area contributed by atoms with E-state index in [1.54, 1.807) is 0 Å². The first kappa shape index (κ1) is 19.4. The van der Waals surface area contributed by atoms with Crippen molar-refractivity contribution in [3.05, 3.63) is 53.0 Å². The second kappa shape index (κ2) is 7.85. The van der Waals surface area contributed by atoms with Gasteiger partial charge < -0.3 is 15.0 Å². The molecule has 4 rings (SSSR count). The van der Waals surface area contributed by atoms with Gasteiger partial charge in [0.1, 0.15) is 11.3 Å². The van der Waals surface area contributed by atoms with Gasteiger partial charge in [-0.2, -0.15) is 0 Å². The number of carbonyl (C=O) groups is 1. The van der Waals surface area contributed by atoms with Crippen LogP contribution in [0.2, 0.25) is 0 Å². The maximum atomic E-state index is 11.1. The summed E-state index contributed by atoms with van der Waals surface area (Å²) in [7, 11) is 0. The fourth-order valence-corrected chi connectivity index (χ4v) is 4.31. The molecule has 0 saturated heterocycles. The Hall–Kier alpha value is -2.89. The first-order valence-corrected chi connectivity index (χ1v) is 10.3. The summed E-state index contributed by atoms with van der Waals surface area (Å²) in [6.45, 7) is 6.86. The van der Waals surface area contributed by atoms with Gasteiger partial charge in [-0.25, -0.2) is 9.97 Å². The Kier molecular flexibility index (Phi) is 5.26. The first-order valence-electron chi connectivity index (χ1n) is 10.3. The molecule has 29 heavy (non-hydrogen) atoms. The summed E-state index contributed by atoms with van der Waals surface area (Å²) in [5, 5.41) is 12.7. The lowest BCUT2D eigenvalue weighted by Gasteiger charge is -2.27. The van der Waals surface area contributed by atoms with Crippen LogP contribution >= 0.6 is 0 Å². The monoisotopic (exact) mass is 392 g/mol. The van der Waals surface area contributed by atoms with Gasteiger partial charge in [0.05, 0.1) is 12.5 Å². The molecule has 0 spiro atoms. The summed E-state index contributed by atoms with van der Waals surface area (Å²) >= 11 is 0. The number of hydrogen-bond donors (Lipinski definition) is 2. The fourth-order valence-electron chi connectivity index (χ4n) is 4.31. The number of aromatic nitrogens is 3. The molecular weight excluding hydrogens is 364 g/mol. The predicted octanol–water partition coefficient (Wildman–Crippen LogP) is 4.46. The van der Waals surface area contributed by atoms with E-state index in [0.717, 1.165) is 66.2 Å². The maximum Gasteiger partial charge on any atom is 0.306 e. The summed E-state index contributed by atoms with van der Waals surface area (Å²) in [5.74, 6) is 0.137. The molecule has 1 aromatic carbocycles. The Morgan fingerprint density at radius 3 is 2.45 bits per heavy atom. The molecule has 0 aliphatic heterocycles. The number of aryl methyl sites for hydroxylation is 3. The highest BCUT2D eigenvalue weighted by atomic mass is 16.4. The van der Waals surface area contributed by atoms with Crippen molar-refractivity contribution < 1.29 is 9.90 Å². The van der Waals surface area contributed by atoms with Crippen LogP contribution in [-0.4, -0.2) is 31.7 Å². The quantitative estimate of drug-likeness (QED) is 0.670. The normalized spacial score (nSPS) is 19.4. The van der Waals surface area contributed by atoms with Crippen LogP contribution in [0.5, 0.6) is 0 Å². The highest BCUT2D eigenvalue weighted by Gasteiger charge is 2.25. The average molecular weight is 393 g/mol. The second-order valence-corrected chi connectivity index (χ2v) is 8.23. The molecule has 0 radical (unpaired) electrons. The van der Waals surface area contributed by atoms with Gasteiger partial charge in [0.2, 0.25) is 0 Å². The lowest BCUT2D eigenvalue weighted by molar-refractivity contribution is -0.142. The largest absolute Gasteiger partial charge is 0.481 e. The molecule has 3 aromatic rings. The molecule has 2 heterocycles. The Morgan fingerprint density at radius 2 is 1.79 bits per heavy atom. The smallest absolute Gasteiger partial charge is 0.306 e. The molecule has 1 fully saturated rings. The standard InChI is InChI=1S/C23H28N4O2/c1-14-12-15(2)24-22-21(14)25-16(3)27(22)13-17-4-8-19(9-5-17)26-20-10-6-18(7-11-20)23(28)29/h4-5,8-9,12,18,20,26H,6-7,10-11,13H2,1-3H3,(H,28,29)/t18-,20-. The van der Waals surface area contributed by atoms with E-state index >= 15 is 0 Å². The molecule has 0 atom stereocenters. The third-order valence-electron chi connectivity index (χ3n) is 5.95. The number of pyridine rings is 1. The van der Waals surface area contributed by atoms with E-state index in [0.29, 0.717) is 6.04 Å². The number of anilines is 1. The van der Waals surface area contributed by atoms with Gasteiger partial charge in [-0.05, 0) is 75.8 Å². The zero-order chi connectivity index (χ0) is 20.5. The van der Waals surface area contributed by atoms with Crippen LogP contribution in [0.4, 0.5) is 5.69 Å². The number of aliphatic carboxylic acids is 1. The van der Waals surface area contributed by atoms with Crippen LogP contribution in [0.15, 0.2) is 30.3 Å². The number of carboxylic acid groups (broad SMARTS) is 1. The Balaban J connectivity index is 1.45. The molecule has 2 aromatic heterocycles. The molecule has 1 aliphatic carbocycles. The van der Waals surface area contributed by atoms with Crippen LogP contribution in [0.1, 0.15) is 48.3 Å². The molecule has 1 aliphatic rings. The number of fused-ring (bicyclic) bond motifs is 1. The number of benzene rings is 1. The number of hydrogen-bond acceptors (Lipinski definition) is 4. The summed E-state index contributed by atoms with van der Waals surface area (Å²) in [5.41, 5.74) is 6.37. The topological polar surface area (TPSA) is 80.0 Å². The highest BCUT2D eigenvalue weighted by Crippen LogP contribution is 2.27. The van der Waals surface area contributed by atoms with E-state index in [9.17, 15) is 4.79 Å². The minimum atomic E-state index is -0.657. The van der Waals surface area contributed by atoms with Crippen LogP contribution in [0, 0.1) is 26.7 Å². The van der Waals surface area contributed by atoms with Gasteiger partial charge in [-0.3, -0.25) is 4.79 Å². The molecule has 0 bridgehead atoms. The van der Waals surface area contributed by atoms with E-state index < -0.39 is 5.97 Å². The fraction of sp³-hybridized carbons (Fsp3) is 0.435. The minimum absolute atomic E-state index is 0.176. The Bertz CT molecular complexity index is 1030. The van der Waals surface area contributed by atoms with Gasteiger partial charge in [0, 0.05) is 17.4 Å². The van der Waals surface area contributed by atoms with Crippen LogP contribution < -0.4 is 5.32 Å². The molecule has 6 heteroatoms. The maximum absolute atomic E-state index is 11.1. The van der Waals surface area contributed by atoms with Gasteiger partial charge in [-0.15, -0.1) is 0 Å². The summed E-state index contributed by atoms with van der Waals surface area (Å²) in [6, 6.07) is 10.9. The van der Waals surface area contributed by atoms with Crippen molar-refractivity contribution in [2.75, 3.05) is 5.32 Å². The van der Waals surface area contributed by atoms with Crippen molar-refractivity contribution in [2.45, 2.75) is 59.0 Å². The number of carboxylic acids is 1. The van der Waals surface area contributed by atoms with Gasteiger partial charge >= 0.3 is 5.97 Å². The lowest BCUT2D eigenvalue weighted by atomic mass is 9.86. The van der Waals surface area contributed by atoms with E-state index in [2.05, 4.69) is 47.1 Å². The van der Waals surface area contributed by atoms with Crippen molar-refractivity contribution in [1.29, 1.82) is 0 Å². The molecule has 6 nitrogen and oxygen atoms in total. The number of nitrogens with zero attached hydrogens (tertiary/aromatic N) is 3. The number of imidazole rings is 1. The predicted molar refractivity (Wildman–Crippen MR) is 114 cm³/mol. The zero-order valence-corrected chi connectivity index (χ0v) is 17.3. The lowest BCUT2D eigenvalue weighted by Crippen LogP contribution is -2.29. The van der Waals surface area contributed by atoms with Crippen molar-refractivity contribution in [2.24, 2.45) is 5.92 Å². The molecule has 1 saturated carbocycles. The van der Waals surface area contributed by atoms with Crippen LogP contribution in [-0.2, 0) is 11.3 Å². The van der Waals surface area contributed by atoms with E-state index in [1.165, 1.54) is 5.56 Å². The Labute approximate surface area is 171 Å². The van der Waals surface area contributed by atoms with E-state index in [-0.39, 0.29) is 5.92 Å². The van der Waals surface area contributed by atoms with E-state index in [1.807, 2.05) is 13.8 Å². The zero-order valence-electron chi connectivity index (χ0n) is 17.3. The minimum Gasteiger partial charge on any atom is -0.481 e. The van der Waals surface area contributed by atoms with Crippen molar-refractivity contribution >= 4 is 22.8 Å². The molecule has 0 amide bonds. The van der Waals surface area contributed by atoms with Gasteiger partial charge in [0.15, 0.2) is 5.65 Å². The van der Waals surface area contributed by atoms with Gasteiger partial charge in [0.25, 0.3) is 0 Å². The van der Waals surface area contributed by atoms with Crippen molar-refractivity contribution in [3.8, 4) is 0 Å². The Morgan fingerprint density at radius 1 is 1.10 bits per heavy atom. The van der Waals surface area contributed by atoms with Crippen molar-refractivity contribution in [1.82, 2.24) is 14.5 Å². The third-order valence-corrected chi connectivity index (χ3v) is 5.95. The second-order valence-electron chi connectivity index (χ2n) is 8.23. The molecular formula is C23H28N4O2. The first-order chi connectivity index (χ1) is 13.9. The average Bonchev–Trinajstić information content (AvgIpc) is 3.00. The van der Waals surface area contributed by atoms with Crippen LogP contribution in [0.25, 0.3) is 11.2 Å². The third kappa shape index (κ3) is 4.11. The van der Waals surface area contributed by atoms with Crippen LogP contribution in [0.3, 0.4) is 0 Å². The number of nitrogens with one attached hydrogen (secondary N) is 1. The van der Waals surface area contributed by atoms with Crippen molar-refractivity contribution in [3.63, 3.8) is 0 Å². The van der Waals surface area contributed by atoms with Gasteiger partial charge in [-0.1, -0.05) is 12.1 Å². The number of rotatable bonds is 5. The summed E-state index contributed by atoms with van der Waals surface area (Å²) in [4.78, 5) is 20.5. The molecule has 0 unspecified atom stereocenters. The summed E-state index contributed by atoms with van der Waals surface area (Å²) in [6.07, 6.45) is 3.32. The summed E-state index contributed by atoms with van der Waals surface area (Å²) < 4.78 is 2.17. The SMILES string of the molecule is Cc1cc(C)c2nc(C)n(Cc3ccc(N[C@H]4CC[C@H](C(=O)O)CC4)cc3)c2n1. The van der Waals surface area contributed by atoms with E-state index in [4.69, 9.17) is 15.1 Å². The highest BCUT2D eigenvalue weighted by molar-refractivity contribution is 5.76.